The van der Waals surface area contributed by atoms with Crippen molar-refractivity contribution in [1.29, 1.82) is 0 Å². The molecule has 1 aliphatic heterocycles. The summed E-state index contributed by atoms with van der Waals surface area (Å²) < 4.78 is 0. The normalized spacial score (nSPS) is 31.3. The van der Waals surface area contributed by atoms with Gasteiger partial charge in [0, 0.05) is 6.92 Å². The van der Waals surface area contributed by atoms with Crippen molar-refractivity contribution in [2.75, 3.05) is 11.1 Å². The minimum absolute atomic E-state index is 0. The lowest BCUT2D eigenvalue weighted by atomic mass is 10.3. The minimum atomic E-state index is -0.700. The zero-order chi connectivity index (χ0) is 6.91. The van der Waals surface area contributed by atoms with E-state index in [-0.39, 0.29) is 17.0 Å². The van der Waals surface area contributed by atoms with E-state index >= 15 is 0 Å². The van der Waals surface area contributed by atoms with Crippen LogP contribution in [0.2, 0.25) is 0 Å². The number of nitrogens with one attached hydrogen (secondary N) is 1. The van der Waals surface area contributed by atoms with E-state index in [9.17, 15) is 5.11 Å². The van der Waals surface area contributed by atoms with E-state index < -0.39 is 5.72 Å². The van der Waals surface area contributed by atoms with Crippen molar-refractivity contribution in [1.82, 2.24) is 0 Å². The molecular weight excluding hydrogens is 282 g/mol. The second-order valence-corrected chi connectivity index (χ2v) is 3.89. The molecule has 60 valence electrons. The largest absolute Gasteiger partial charge is 1.00 e. The van der Waals surface area contributed by atoms with E-state index in [2.05, 4.69) is 20.9 Å². The summed E-state index contributed by atoms with van der Waals surface area (Å²) in [4.78, 5) is 2.97. The predicted molar refractivity (Wildman–Crippen MR) is 42.8 cm³/mol. The molecule has 1 rings (SSSR count). The van der Waals surface area contributed by atoms with Crippen molar-refractivity contribution in [2.24, 2.45) is 0 Å². The van der Waals surface area contributed by atoms with Gasteiger partial charge in [-0.15, -0.1) is 0 Å². The van der Waals surface area contributed by atoms with Gasteiger partial charge < -0.3 is 22.1 Å². The second kappa shape index (κ2) is 4.09. The first-order chi connectivity index (χ1) is 4.16. The summed E-state index contributed by atoms with van der Waals surface area (Å²) in [7, 11) is 0. The molecule has 0 spiro atoms. The van der Waals surface area contributed by atoms with E-state index in [1.165, 1.54) is 0 Å². The Morgan fingerprint density at radius 3 is 2.70 bits per heavy atom. The number of hydrogen-bond acceptors (Lipinski definition) is 2. The standard InChI is InChI=1S/C5H8BrNOS.BrH/c1-4-7-5(8,2-6)3-9-4;/h8H,2-3H2,1H3;1H. The Labute approximate surface area is 83.4 Å². The number of alkyl halides is 1. The Morgan fingerprint density at radius 1 is 1.90 bits per heavy atom. The van der Waals surface area contributed by atoms with Crippen LogP contribution < -0.4 is 22.0 Å². The maximum absolute atomic E-state index is 9.47. The molecule has 1 heterocycles. The van der Waals surface area contributed by atoms with Gasteiger partial charge in [0.25, 0.3) is 5.72 Å². The molecular formula is C5H9Br2NOS. The fourth-order valence-corrected chi connectivity index (χ4v) is 2.19. The number of halogens is 2. The quantitative estimate of drug-likeness (QED) is 0.488. The molecule has 0 aliphatic carbocycles. The van der Waals surface area contributed by atoms with Gasteiger partial charge in [-0.05, 0) is 0 Å². The summed E-state index contributed by atoms with van der Waals surface area (Å²) in [6, 6.07) is 0. The second-order valence-electron chi connectivity index (χ2n) is 2.14. The van der Waals surface area contributed by atoms with Crippen LogP contribution in [0.15, 0.2) is 0 Å². The molecule has 0 radical (unpaired) electrons. The SMILES string of the molecule is CC1=[NH+]C(O)(CBr)CS1.[Br-]. The van der Waals surface area contributed by atoms with Crippen molar-refractivity contribution in [3.05, 3.63) is 0 Å². The van der Waals surface area contributed by atoms with Crippen molar-refractivity contribution >= 4 is 32.7 Å². The molecule has 0 saturated carbocycles. The van der Waals surface area contributed by atoms with Crippen molar-refractivity contribution in [2.45, 2.75) is 12.6 Å². The lowest BCUT2D eigenvalue weighted by Crippen LogP contribution is -3.00. The van der Waals surface area contributed by atoms with Crippen LogP contribution in [0.5, 0.6) is 0 Å². The summed E-state index contributed by atoms with van der Waals surface area (Å²) in [6.07, 6.45) is 0. The summed E-state index contributed by atoms with van der Waals surface area (Å²) in [5, 5.41) is 11.2. The van der Waals surface area contributed by atoms with E-state index in [4.69, 9.17) is 0 Å². The van der Waals surface area contributed by atoms with Crippen LogP contribution >= 0.6 is 27.7 Å². The zero-order valence-electron chi connectivity index (χ0n) is 5.53. The van der Waals surface area contributed by atoms with Gasteiger partial charge in [0.05, 0.1) is 11.1 Å². The molecule has 1 aliphatic rings. The Balaban J connectivity index is 0.000000810. The highest BCUT2D eigenvalue weighted by Crippen LogP contribution is 2.13. The fraction of sp³-hybridized carbons (Fsp3) is 0.800. The average molecular weight is 291 g/mol. The van der Waals surface area contributed by atoms with Gasteiger partial charge in [0.15, 0.2) is 0 Å². The van der Waals surface area contributed by atoms with Gasteiger partial charge in [0.1, 0.15) is 0 Å². The van der Waals surface area contributed by atoms with Gasteiger partial charge in [-0.3, -0.25) is 0 Å². The highest BCUT2D eigenvalue weighted by Gasteiger charge is 2.37. The summed E-state index contributed by atoms with van der Waals surface area (Å²) in [6.45, 7) is 1.96. The number of hydrogen-bond donors (Lipinski definition) is 2. The number of aliphatic hydroxyl groups is 1. The highest BCUT2D eigenvalue weighted by atomic mass is 79.9. The molecule has 2 nitrogen and oxygen atoms in total. The van der Waals surface area contributed by atoms with Crippen LogP contribution in [0, 0.1) is 0 Å². The lowest BCUT2D eigenvalue weighted by molar-refractivity contribution is -0.591. The van der Waals surface area contributed by atoms with Gasteiger partial charge in [0.2, 0.25) is 5.04 Å². The molecule has 1 unspecified atom stereocenters. The zero-order valence-corrected chi connectivity index (χ0v) is 9.51. The average Bonchev–Trinajstić information content (AvgIpc) is 2.13. The van der Waals surface area contributed by atoms with Gasteiger partial charge in [-0.1, -0.05) is 27.7 Å². The number of thioether (sulfide) groups is 1. The lowest BCUT2D eigenvalue weighted by Gasteiger charge is -2.06. The van der Waals surface area contributed by atoms with Gasteiger partial charge >= 0.3 is 0 Å². The third-order valence-electron chi connectivity index (χ3n) is 1.16. The van der Waals surface area contributed by atoms with E-state index in [0.29, 0.717) is 5.33 Å². The van der Waals surface area contributed by atoms with Gasteiger partial charge in [-0.25, -0.2) is 4.99 Å². The summed E-state index contributed by atoms with van der Waals surface area (Å²) >= 11 is 4.87. The maximum atomic E-state index is 9.47. The van der Waals surface area contributed by atoms with Crippen LogP contribution in [-0.4, -0.2) is 27.0 Å². The van der Waals surface area contributed by atoms with Crippen LogP contribution in [-0.2, 0) is 0 Å². The molecule has 0 aromatic heterocycles. The highest BCUT2D eigenvalue weighted by molar-refractivity contribution is 9.09. The van der Waals surface area contributed by atoms with Crippen molar-refractivity contribution in [3.8, 4) is 0 Å². The summed E-state index contributed by atoms with van der Waals surface area (Å²) in [5.74, 6) is 0.740. The monoisotopic (exact) mass is 289 g/mol. The molecule has 0 fully saturated rings. The fourth-order valence-electron chi connectivity index (χ4n) is 0.699. The smallest absolute Gasteiger partial charge is 0.283 e. The van der Waals surface area contributed by atoms with Crippen molar-refractivity contribution < 1.29 is 27.1 Å². The Hall–Kier alpha value is 0.940. The predicted octanol–water partition coefficient (Wildman–Crippen LogP) is -3.68. The van der Waals surface area contributed by atoms with E-state index in [1.807, 2.05) is 6.92 Å². The minimum Gasteiger partial charge on any atom is -1.00 e. The molecule has 0 aromatic rings. The van der Waals surface area contributed by atoms with Crippen LogP contribution in [0.25, 0.3) is 0 Å². The van der Waals surface area contributed by atoms with E-state index in [1.54, 1.807) is 11.8 Å². The molecule has 10 heavy (non-hydrogen) atoms. The Morgan fingerprint density at radius 2 is 2.50 bits per heavy atom. The molecule has 0 aromatic carbocycles. The first-order valence-corrected chi connectivity index (χ1v) is 4.80. The molecule has 2 N–H and O–H groups in total. The molecule has 5 heteroatoms. The summed E-state index contributed by atoms with van der Waals surface area (Å²) in [5.41, 5.74) is -0.700. The van der Waals surface area contributed by atoms with Gasteiger partial charge in [-0.2, -0.15) is 0 Å². The first kappa shape index (κ1) is 10.9. The Bertz CT molecular complexity index is 153. The van der Waals surface area contributed by atoms with E-state index in [0.717, 1.165) is 10.8 Å². The first-order valence-electron chi connectivity index (χ1n) is 2.69. The topological polar surface area (TPSA) is 34.2 Å². The third-order valence-corrected chi connectivity index (χ3v) is 3.24. The van der Waals surface area contributed by atoms with Crippen LogP contribution in [0.3, 0.4) is 0 Å². The van der Waals surface area contributed by atoms with Crippen LogP contribution in [0.1, 0.15) is 6.92 Å². The van der Waals surface area contributed by atoms with Crippen molar-refractivity contribution in [3.63, 3.8) is 0 Å². The Kier molecular flexibility index (Phi) is 4.47. The third kappa shape index (κ3) is 2.53. The molecule has 0 amide bonds. The van der Waals surface area contributed by atoms with Crippen LogP contribution in [0.4, 0.5) is 0 Å². The molecule has 0 saturated heterocycles. The number of rotatable bonds is 1. The molecule has 0 bridgehead atoms. The maximum Gasteiger partial charge on any atom is 0.283 e. The molecule has 1 atom stereocenters.